The molecule has 0 unspecified atom stereocenters. The lowest BCUT2D eigenvalue weighted by Crippen LogP contribution is -2.23. The molecular weight excluding hydrogens is 326 g/mol. The Morgan fingerprint density at radius 1 is 1.15 bits per heavy atom. The Labute approximate surface area is 154 Å². The highest BCUT2D eigenvalue weighted by atomic mass is 16.3. The predicted octanol–water partition coefficient (Wildman–Crippen LogP) is 3.74. The van der Waals surface area contributed by atoms with Crippen LogP contribution in [0.25, 0.3) is 0 Å². The van der Waals surface area contributed by atoms with Gasteiger partial charge in [0.15, 0.2) is 0 Å². The molecular formula is C21H25N3O2. The summed E-state index contributed by atoms with van der Waals surface area (Å²) in [6, 6.07) is 13.9. The second-order valence-electron chi connectivity index (χ2n) is 6.70. The predicted molar refractivity (Wildman–Crippen MR) is 104 cm³/mol. The molecule has 136 valence electrons. The highest BCUT2D eigenvalue weighted by Crippen LogP contribution is 2.18. The molecule has 0 saturated heterocycles. The summed E-state index contributed by atoms with van der Waals surface area (Å²) in [5.74, 6) is 0.818. The van der Waals surface area contributed by atoms with Gasteiger partial charge in [0.05, 0.1) is 18.4 Å². The number of benzene rings is 1. The average molecular weight is 351 g/mol. The molecule has 0 radical (unpaired) electrons. The Kier molecular flexibility index (Phi) is 5.16. The van der Waals surface area contributed by atoms with Gasteiger partial charge in [0.2, 0.25) is 0 Å². The van der Waals surface area contributed by atoms with Crippen molar-refractivity contribution in [3.05, 3.63) is 77.0 Å². The van der Waals surface area contributed by atoms with Gasteiger partial charge in [0.1, 0.15) is 5.76 Å². The van der Waals surface area contributed by atoms with E-state index in [1.165, 1.54) is 0 Å². The number of nitrogens with zero attached hydrogens (tertiary/aromatic N) is 2. The molecule has 1 amide bonds. The van der Waals surface area contributed by atoms with E-state index < -0.39 is 0 Å². The van der Waals surface area contributed by atoms with Gasteiger partial charge in [0.25, 0.3) is 5.91 Å². The fourth-order valence-corrected chi connectivity index (χ4v) is 3.05. The number of carbonyl (C=O) groups excluding carboxylic acids is 1. The lowest BCUT2D eigenvalue weighted by atomic mass is 10.1. The number of hydrogen-bond donors (Lipinski definition) is 1. The molecule has 0 aliphatic carbocycles. The van der Waals surface area contributed by atoms with E-state index in [4.69, 9.17) is 4.42 Å². The number of anilines is 1. The van der Waals surface area contributed by atoms with Crippen molar-refractivity contribution in [3.63, 3.8) is 0 Å². The zero-order valence-corrected chi connectivity index (χ0v) is 15.7. The summed E-state index contributed by atoms with van der Waals surface area (Å²) in [7, 11) is 4.01. The Balaban J connectivity index is 1.71. The van der Waals surface area contributed by atoms with Crippen LogP contribution in [0, 0.1) is 13.8 Å². The number of carbonyl (C=O) groups is 1. The minimum Gasteiger partial charge on any atom is -0.467 e. The number of amides is 1. The molecule has 0 saturated carbocycles. The van der Waals surface area contributed by atoms with Crippen molar-refractivity contribution in [1.29, 1.82) is 0 Å². The van der Waals surface area contributed by atoms with Crippen LogP contribution in [-0.2, 0) is 13.1 Å². The molecule has 3 aromatic rings. The molecule has 0 aliphatic rings. The second kappa shape index (κ2) is 7.52. The SMILES string of the molecule is Cc1cc(C(=O)NCc2cccc(N(C)C)c2)c(C)n1Cc1ccco1. The van der Waals surface area contributed by atoms with Crippen molar-refractivity contribution in [1.82, 2.24) is 9.88 Å². The smallest absolute Gasteiger partial charge is 0.253 e. The van der Waals surface area contributed by atoms with E-state index in [2.05, 4.69) is 16.0 Å². The fraction of sp³-hybridized carbons (Fsp3) is 0.286. The molecule has 3 rings (SSSR count). The minimum absolute atomic E-state index is 0.0564. The summed E-state index contributed by atoms with van der Waals surface area (Å²) < 4.78 is 7.53. The highest BCUT2D eigenvalue weighted by molar-refractivity contribution is 5.95. The quantitative estimate of drug-likeness (QED) is 0.736. The number of furan rings is 1. The molecule has 5 nitrogen and oxygen atoms in total. The van der Waals surface area contributed by atoms with Crippen LogP contribution in [0.4, 0.5) is 5.69 Å². The third-order valence-electron chi connectivity index (χ3n) is 4.59. The van der Waals surface area contributed by atoms with Crippen LogP contribution < -0.4 is 10.2 Å². The van der Waals surface area contributed by atoms with Crippen molar-refractivity contribution in [3.8, 4) is 0 Å². The van der Waals surface area contributed by atoms with E-state index in [0.717, 1.165) is 28.4 Å². The maximum Gasteiger partial charge on any atom is 0.253 e. The van der Waals surface area contributed by atoms with E-state index in [-0.39, 0.29) is 5.91 Å². The van der Waals surface area contributed by atoms with Gasteiger partial charge in [-0.15, -0.1) is 0 Å². The van der Waals surface area contributed by atoms with Crippen LogP contribution in [0.1, 0.15) is 33.1 Å². The molecule has 0 atom stereocenters. The topological polar surface area (TPSA) is 50.4 Å². The molecule has 2 heterocycles. The number of rotatable bonds is 6. The maximum absolute atomic E-state index is 12.7. The van der Waals surface area contributed by atoms with E-state index in [9.17, 15) is 4.79 Å². The molecule has 1 aromatic carbocycles. The average Bonchev–Trinajstić information content (AvgIpc) is 3.23. The summed E-state index contributed by atoms with van der Waals surface area (Å²) in [5, 5.41) is 3.03. The third-order valence-corrected chi connectivity index (χ3v) is 4.59. The number of aryl methyl sites for hydroxylation is 1. The number of nitrogens with one attached hydrogen (secondary N) is 1. The second-order valence-corrected chi connectivity index (χ2v) is 6.70. The van der Waals surface area contributed by atoms with E-state index in [1.807, 2.05) is 69.2 Å². The third kappa shape index (κ3) is 3.82. The summed E-state index contributed by atoms with van der Waals surface area (Å²) in [6.07, 6.45) is 1.67. The molecule has 0 fully saturated rings. The Morgan fingerprint density at radius 2 is 1.96 bits per heavy atom. The van der Waals surface area contributed by atoms with Gasteiger partial charge < -0.3 is 19.2 Å². The first-order valence-electron chi connectivity index (χ1n) is 8.69. The molecule has 5 heteroatoms. The number of aromatic nitrogens is 1. The van der Waals surface area contributed by atoms with Gasteiger partial charge in [-0.2, -0.15) is 0 Å². The zero-order valence-electron chi connectivity index (χ0n) is 15.7. The van der Waals surface area contributed by atoms with Gasteiger partial charge in [-0.25, -0.2) is 0 Å². The Morgan fingerprint density at radius 3 is 2.65 bits per heavy atom. The molecule has 1 N–H and O–H groups in total. The fourth-order valence-electron chi connectivity index (χ4n) is 3.05. The van der Waals surface area contributed by atoms with Crippen molar-refractivity contribution < 1.29 is 9.21 Å². The van der Waals surface area contributed by atoms with Crippen LogP contribution in [0.3, 0.4) is 0 Å². The van der Waals surface area contributed by atoms with Crippen LogP contribution in [0.15, 0.2) is 53.1 Å². The zero-order chi connectivity index (χ0) is 18.7. The van der Waals surface area contributed by atoms with Crippen LogP contribution in [0.2, 0.25) is 0 Å². The molecule has 0 spiro atoms. The summed E-state index contributed by atoms with van der Waals surface area (Å²) in [4.78, 5) is 14.7. The van der Waals surface area contributed by atoms with E-state index in [1.54, 1.807) is 6.26 Å². The van der Waals surface area contributed by atoms with Gasteiger partial charge in [0, 0.05) is 37.7 Å². The first-order valence-corrected chi connectivity index (χ1v) is 8.69. The molecule has 0 aliphatic heterocycles. The Hall–Kier alpha value is -2.95. The summed E-state index contributed by atoms with van der Waals surface area (Å²) >= 11 is 0. The summed E-state index contributed by atoms with van der Waals surface area (Å²) in [5.41, 5.74) is 4.89. The number of hydrogen-bond acceptors (Lipinski definition) is 3. The Bertz CT molecular complexity index is 892. The van der Waals surface area contributed by atoms with Gasteiger partial charge >= 0.3 is 0 Å². The largest absolute Gasteiger partial charge is 0.467 e. The standard InChI is InChI=1S/C21H25N3O2/c1-15-11-20(16(2)24(15)14-19-9-6-10-26-19)21(25)22-13-17-7-5-8-18(12-17)23(3)4/h5-12H,13-14H2,1-4H3,(H,22,25). The maximum atomic E-state index is 12.7. The van der Waals surface area contributed by atoms with E-state index >= 15 is 0 Å². The normalized spacial score (nSPS) is 10.8. The highest BCUT2D eigenvalue weighted by Gasteiger charge is 2.16. The molecule has 26 heavy (non-hydrogen) atoms. The van der Waals surface area contributed by atoms with Crippen molar-refractivity contribution >= 4 is 11.6 Å². The first-order chi connectivity index (χ1) is 12.5. The first kappa shape index (κ1) is 17.9. The van der Waals surface area contributed by atoms with Gasteiger partial charge in [-0.1, -0.05) is 12.1 Å². The lowest BCUT2D eigenvalue weighted by molar-refractivity contribution is 0.0950. The van der Waals surface area contributed by atoms with Crippen molar-refractivity contribution in [2.45, 2.75) is 26.9 Å². The van der Waals surface area contributed by atoms with Crippen LogP contribution in [-0.4, -0.2) is 24.6 Å². The van der Waals surface area contributed by atoms with Crippen LogP contribution in [0.5, 0.6) is 0 Å². The monoisotopic (exact) mass is 351 g/mol. The van der Waals surface area contributed by atoms with Crippen molar-refractivity contribution in [2.75, 3.05) is 19.0 Å². The minimum atomic E-state index is -0.0564. The van der Waals surface area contributed by atoms with Crippen LogP contribution >= 0.6 is 0 Å². The van der Waals surface area contributed by atoms with Gasteiger partial charge in [-0.05, 0) is 49.7 Å². The van der Waals surface area contributed by atoms with Gasteiger partial charge in [-0.3, -0.25) is 4.79 Å². The van der Waals surface area contributed by atoms with Crippen molar-refractivity contribution in [2.24, 2.45) is 0 Å². The molecule has 2 aromatic heterocycles. The van der Waals surface area contributed by atoms with E-state index in [0.29, 0.717) is 18.7 Å². The lowest BCUT2D eigenvalue weighted by Gasteiger charge is -2.14. The summed E-state index contributed by atoms with van der Waals surface area (Å²) in [6.45, 7) is 5.11. The molecule has 0 bridgehead atoms.